The molecule has 0 aromatic heterocycles. The molecule has 0 saturated heterocycles. The van der Waals surface area contributed by atoms with E-state index in [1.165, 1.54) is 44.1 Å². The first-order chi connectivity index (χ1) is 10.7. The van der Waals surface area contributed by atoms with Gasteiger partial charge in [0.2, 0.25) is 0 Å². The fourth-order valence-electron chi connectivity index (χ4n) is 6.09. The summed E-state index contributed by atoms with van der Waals surface area (Å²) in [6, 6.07) is 6.72. The van der Waals surface area contributed by atoms with Crippen molar-refractivity contribution < 1.29 is 9.84 Å². The molecule has 3 aliphatic rings. The average molecular weight is 300 g/mol. The van der Waals surface area contributed by atoms with Gasteiger partial charge in [-0.15, -0.1) is 0 Å². The van der Waals surface area contributed by atoms with Gasteiger partial charge in [0.15, 0.2) is 0 Å². The van der Waals surface area contributed by atoms with Crippen LogP contribution in [0, 0.1) is 23.2 Å². The maximum Gasteiger partial charge on any atom is 0.119 e. The largest absolute Gasteiger partial charge is 0.497 e. The van der Waals surface area contributed by atoms with Crippen molar-refractivity contribution in [2.75, 3.05) is 13.7 Å². The number of aryl methyl sites for hydroxylation is 1. The monoisotopic (exact) mass is 300 g/mol. The molecule has 1 aromatic carbocycles. The molecule has 2 saturated carbocycles. The Morgan fingerprint density at radius 1 is 1.23 bits per heavy atom. The summed E-state index contributed by atoms with van der Waals surface area (Å²) in [4.78, 5) is 0. The van der Waals surface area contributed by atoms with E-state index in [1.54, 1.807) is 12.7 Å². The number of benzene rings is 1. The van der Waals surface area contributed by atoms with Gasteiger partial charge >= 0.3 is 0 Å². The van der Waals surface area contributed by atoms with Gasteiger partial charge in [0.1, 0.15) is 5.75 Å². The van der Waals surface area contributed by atoms with Crippen LogP contribution in [0.1, 0.15) is 56.1 Å². The fourth-order valence-corrected chi connectivity index (χ4v) is 6.09. The van der Waals surface area contributed by atoms with Crippen LogP contribution in [0.4, 0.5) is 0 Å². The summed E-state index contributed by atoms with van der Waals surface area (Å²) in [7, 11) is 1.76. The van der Waals surface area contributed by atoms with Crippen LogP contribution in [0.25, 0.3) is 0 Å². The molecule has 0 aliphatic heterocycles. The number of hydrogen-bond donors (Lipinski definition) is 1. The minimum Gasteiger partial charge on any atom is -0.497 e. The van der Waals surface area contributed by atoms with E-state index in [9.17, 15) is 5.11 Å². The molecule has 1 unspecified atom stereocenters. The molecular formula is C20H28O2. The molecule has 0 radical (unpaired) electrons. The molecule has 22 heavy (non-hydrogen) atoms. The van der Waals surface area contributed by atoms with Gasteiger partial charge in [0.25, 0.3) is 0 Å². The zero-order chi connectivity index (χ0) is 15.3. The molecule has 2 fully saturated rings. The third-order valence-electron chi connectivity index (χ3n) is 7.35. The van der Waals surface area contributed by atoms with Crippen LogP contribution in [0.2, 0.25) is 0 Å². The van der Waals surface area contributed by atoms with Gasteiger partial charge in [0, 0.05) is 6.61 Å². The van der Waals surface area contributed by atoms with Crippen LogP contribution >= 0.6 is 0 Å². The highest BCUT2D eigenvalue weighted by Gasteiger charge is 2.54. The maximum atomic E-state index is 9.77. The molecule has 0 bridgehead atoms. The van der Waals surface area contributed by atoms with Crippen LogP contribution in [0.3, 0.4) is 0 Å². The minimum absolute atomic E-state index is 0.387. The lowest BCUT2D eigenvalue weighted by Crippen LogP contribution is -2.43. The van der Waals surface area contributed by atoms with Gasteiger partial charge in [-0.2, -0.15) is 0 Å². The minimum atomic E-state index is 0.387. The molecule has 0 amide bonds. The number of ether oxygens (including phenoxy) is 1. The van der Waals surface area contributed by atoms with Crippen molar-refractivity contribution in [1.29, 1.82) is 0 Å². The molecule has 1 aromatic rings. The van der Waals surface area contributed by atoms with E-state index >= 15 is 0 Å². The summed E-state index contributed by atoms with van der Waals surface area (Å²) in [5, 5.41) is 9.77. The Morgan fingerprint density at radius 3 is 2.86 bits per heavy atom. The fraction of sp³-hybridized carbons (Fsp3) is 0.700. The highest BCUT2D eigenvalue weighted by Crippen LogP contribution is 2.62. The molecule has 3 aliphatic carbocycles. The SMILES string of the molecule is COc1ccc2c(c1)CCC1[C@@H]2CC[C@]2(C)[C@@H](CO)CC[C@@H]12. The number of hydrogen-bond acceptors (Lipinski definition) is 2. The normalized spacial score (nSPS) is 39.8. The van der Waals surface area contributed by atoms with Crippen LogP contribution in [0.15, 0.2) is 18.2 Å². The second kappa shape index (κ2) is 5.26. The van der Waals surface area contributed by atoms with E-state index in [-0.39, 0.29) is 0 Å². The standard InChI is InChI=1S/C20H28O2/c1-20-10-9-17-16-7-5-15(22-2)11-13(16)3-6-18(17)19(20)8-4-14(20)12-21/h5,7,11,14,17-19,21H,3-4,6,8-10,12H2,1-2H3/t14-,17-,18?,19+,20-/m1/s1. The summed E-state index contributed by atoms with van der Waals surface area (Å²) in [5.41, 5.74) is 3.49. The van der Waals surface area contributed by atoms with Gasteiger partial charge in [0.05, 0.1) is 7.11 Å². The predicted molar refractivity (Wildman–Crippen MR) is 88.2 cm³/mol. The predicted octanol–water partition coefficient (Wildman–Crippen LogP) is 4.16. The molecule has 1 N–H and O–H groups in total. The first-order valence-corrected chi connectivity index (χ1v) is 8.95. The van der Waals surface area contributed by atoms with Crippen molar-refractivity contribution in [3.05, 3.63) is 29.3 Å². The first kappa shape index (κ1) is 14.6. The first-order valence-electron chi connectivity index (χ1n) is 8.95. The van der Waals surface area contributed by atoms with Crippen molar-refractivity contribution in [3.63, 3.8) is 0 Å². The number of aliphatic hydroxyl groups is 1. The Bertz CT molecular complexity index is 567. The van der Waals surface area contributed by atoms with E-state index in [2.05, 4.69) is 25.1 Å². The third kappa shape index (κ3) is 1.96. The van der Waals surface area contributed by atoms with Gasteiger partial charge < -0.3 is 9.84 Å². The van der Waals surface area contributed by atoms with Gasteiger partial charge in [-0.1, -0.05) is 13.0 Å². The highest BCUT2D eigenvalue weighted by atomic mass is 16.5. The van der Waals surface area contributed by atoms with Gasteiger partial charge in [-0.05, 0) is 90.9 Å². The number of aliphatic hydroxyl groups excluding tert-OH is 1. The Labute approximate surface area is 133 Å². The second-order valence-corrected chi connectivity index (χ2v) is 7.98. The second-order valence-electron chi connectivity index (χ2n) is 7.98. The van der Waals surface area contributed by atoms with E-state index in [4.69, 9.17) is 4.74 Å². The van der Waals surface area contributed by atoms with E-state index in [1.807, 2.05) is 0 Å². The number of rotatable bonds is 2. The van der Waals surface area contributed by atoms with Crippen molar-refractivity contribution in [3.8, 4) is 5.75 Å². The van der Waals surface area contributed by atoms with Crippen LogP contribution in [-0.4, -0.2) is 18.8 Å². The molecular weight excluding hydrogens is 272 g/mol. The molecule has 2 heteroatoms. The van der Waals surface area contributed by atoms with Crippen molar-refractivity contribution in [2.45, 2.75) is 51.4 Å². The average Bonchev–Trinajstić information content (AvgIpc) is 2.90. The molecule has 0 spiro atoms. The maximum absolute atomic E-state index is 9.77. The summed E-state index contributed by atoms with van der Waals surface area (Å²) < 4.78 is 5.40. The van der Waals surface area contributed by atoms with Gasteiger partial charge in [-0.3, -0.25) is 0 Å². The van der Waals surface area contributed by atoms with E-state index in [0.717, 1.165) is 23.5 Å². The topological polar surface area (TPSA) is 29.5 Å². The Morgan fingerprint density at radius 2 is 2.09 bits per heavy atom. The smallest absolute Gasteiger partial charge is 0.119 e. The lowest BCUT2D eigenvalue weighted by Gasteiger charge is -2.51. The van der Waals surface area contributed by atoms with E-state index in [0.29, 0.717) is 17.9 Å². The summed E-state index contributed by atoms with van der Waals surface area (Å²) >= 11 is 0. The zero-order valence-electron chi connectivity index (χ0n) is 13.8. The Kier molecular flexibility index (Phi) is 3.48. The Hall–Kier alpha value is -1.02. The van der Waals surface area contributed by atoms with Crippen molar-refractivity contribution in [1.82, 2.24) is 0 Å². The summed E-state index contributed by atoms with van der Waals surface area (Å²) in [5.74, 6) is 3.93. The van der Waals surface area contributed by atoms with Crippen molar-refractivity contribution >= 4 is 0 Å². The molecule has 2 nitrogen and oxygen atoms in total. The Balaban J connectivity index is 1.66. The zero-order valence-corrected chi connectivity index (χ0v) is 13.8. The summed E-state index contributed by atoms with van der Waals surface area (Å²) in [6.45, 7) is 2.85. The van der Waals surface area contributed by atoms with Gasteiger partial charge in [-0.25, -0.2) is 0 Å². The molecule has 0 heterocycles. The molecule has 4 rings (SSSR count). The lowest BCUT2D eigenvalue weighted by atomic mass is 9.54. The summed E-state index contributed by atoms with van der Waals surface area (Å²) in [6.07, 6.45) is 7.67. The number of methoxy groups -OCH3 is 1. The lowest BCUT2D eigenvalue weighted by molar-refractivity contribution is 0.00956. The molecule has 120 valence electrons. The third-order valence-corrected chi connectivity index (χ3v) is 7.35. The molecule has 5 atom stereocenters. The number of fused-ring (bicyclic) bond motifs is 5. The van der Waals surface area contributed by atoms with E-state index < -0.39 is 0 Å². The van der Waals surface area contributed by atoms with Crippen LogP contribution < -0.4 is 4.74 Å². The van der Waals surface area contributed by atoms with Crippen LogP contribution in [-0.2, 0) is 6.42 Å². The quantitative estimate of drug-likeness (QED) is 0.888. The van der Waals surface area contributed by atoms with Crippen LogP contribution in [0.5, 0.6) is 5.75 Å². The highest BCUT2D eigenvalue weighted by molar-refractivity contribution is 5.40. The van der Waals surface area contributed by atoms with Crippen molar-refractivity contribution in [2.24, 2.45) is 23.2 Å².